The Bertz CT molecular complexity index is 269. The topological polar surface area (TPSA) is 30.5 Å². The van der Waals surface area contributed by atoms with Gasteiger partial charge in [0.05, 0.1) is 12.2 Å². The number of ether oxygens (including phenoxy) is 2. The monoisotopic (exact) mass is 283 g/mol. The second-order valence-electron chi connectivity index (χ2n) is 6.96. The third-order valence-corrected chi connectivity index (χ3v) is 5.01. The van der Waals surface area contributed by atoms with Crippen molar-refractivity contribution >= 4 is 0 Å². The van der Waals surface area contributed by atoms with Crippen molar-refractivity contribution in [2.24, 2.45) is 5.92 Å². The normalized spacial score (nSPS) is 27.9. The molecule has 2 fully saturated rings. The van der Waals surface area contributed by atoms with Crippen molar-refractivity contribution in [3.05, 3.63) is 0 Å². The SMILES string of the molecule is CCOCC(NC1CCOC2(CCCCC2)C1)C(C)C. The molecule has 1 aliphatic carbocycles. The van der Waals surface area contributed by atoms with Gasteiger partial charge in [-0.1, -0.05) is 33.1 Å². The third kappa shape index (κ3) is 4.44. The highest BCUT2D eigenvalue weighted by Gasteiger charge is 2.39. The summed E-state index contributed by atoms with van der Waals surface area (Å²) in [5.74, 6) is 0.617. The second kappa shape index (κ2) is 7.77. The number of nitrogens with one attached hydrogen (secondary N) is 1. The van der Waals surface area contributed by atoms with Crippen LogP contribution in [0.5, 0.6) is 0 Å². The summed E-state index contributed by atoms with van der Waals surface area (Å²) in [7, 11) is 0. The molecule has 3 nitrogen and oxygen atoms in total. The molecular weight excluding hydrogens is 250 g/mol. The van der Waals surface area contributed by atoms with Gasteiger partial charge in [0.2, 0.25) is 0 Å². The highest BCUT2D eigenvalue weighted by atomic mass is 16.5. The summed E-state index contributed by atoms with van der Waals surface area (Å²) in [6.45, 7) is 9.21. The summed E-state index contributed by atoms with van der Waals surface area (Å²) < 4.78 is 11.8. The largest absolute Gasteiger partial charge is 0.380 e. The molecule has 0 radical (unpaired) electrons. The lowest BCUT2D eigenvalue weighted by Gasteiger charge is -2.44. The second-order valence-corrected chi connectivity index (χ2v) is 6.96. The van der Waals surface area contributed by atoms with Crippen LogP contribution in [-0.2, 0) is 9.47 Å². The van der Waals surface area contributed by atoms with Crippen LogP contribution in [0, 0.1) is 5.92 Å². The van der Waals surface area contributed by atoms with E-state index in [1.54, 1.807) is 0 Å². The Kier molecular flexibility index (Phi) is 6.31. The van der Waals surface area contributed by atoms with E-state index in [4.69, 9.17) is 9.47 Å². The maximum absolute atomic E-state index is 6.19. The van der Waals surface area contributed by atoms with E-state index in [0.29, 0.717) is 18.0 Å². The van der Waals surface area contributed by atoms with Crippen LogP contribution in [0.1, 0.15) is 65.7 Å². The Morgan fingerprint density at radius 3 is 2.65 bits per heavy atom. The van der Waals surface area contributed by atoms with E-state index >= 15 is 0 Å². The van der Waals surface area contributed by atoms with Crippen molar-refractivity contribution in [2.75, 3.05) is 19.8 Å². The van der Waals surface area contributed by atoms with Crippen molar-refractivity contribution < 1.29 is 9.47 Å². The average molecular weight is 283 g/mol. The summed E-state index contributed by atoms with van der Waals surface area (Å²) in [5.41, 5.74) is 0.196. The highest BCUT2D eigenvalue weighted by molar-refractivity contribution is 4.93. The van der Waals surface area contributed by atoms with Crippen LogP contribution in [0.3, 0.4) is 0 Å². The lowest BCUT2D eigenvalue weighted by atomic mass is 9.78. The van der Waals surface area contributed by atoms with Gasteiger partial charge in [-0.2, -0.15) is 0 Å². The van der Waals surface area contributed by atoms with Gasteiger partial charge in [0.1, 0.15) is 0 Å². The molecule has 1 N–H and O–H groups in total. The third-order valence-electron chi connectivity index (χ3n) is 5.01. The zero-order valence-electron chi connectivity index (χ0n) is 13.6. The minimum absolute atomic E-state index is 0.196. The Morgan fingerprint density at radius 2 is 2.00 bits per heavy atom. The van der Waals surface area contributed by atoms with E-state index < -0.39 is 0 Å². The smallest absolute Gasteiger partial charge is 0.0697 e. The molecule has 3 heteroatoms. The predicted octanol–water partition coefficient (Wildman–Crippen LogP) is 3.52. The standard InChI is InChI=1S/C17H33NO2/c1-4-19-13-16(14(2)3)18-15-8-11-20-17(12-15)9-6-5-7-10-17/h14-16,18H,4-13H2,1-3H3. The van der Waals surface area contributed by atoms with Crippen LogP contribution >= 0.6 is 0 Å². The van der Waals surface area contributed by atoms with Gasteiger partial charge in [-0.05, 0) is 38.5 Å². The Labute approximate surface area is 124 Å². The first kappa shape index (κ1) is 16.3. The predicted molar refractivity (Wildman–Crippen MR) is 83.0 cm³/mol. The lowest BCUT2D eigenvalue weighted by Crippen LogP contribution is -2.52. The average Bonchev–Trinajstić information content (AvgIpc) is 2.44. The molecule has 1 aliphatic heterocycles. The number of hydrogen-bond donors (Lipinski definition) is 1. The Hall–Kier alpha value is -0.120. The van der Waals surface area contributed by atoms with E-state index in [9.17, 15) is 0 Å². The molecule has 0 bridgehead atoms. The van der Waals surface area contributed by atoms with Crippen molar-refractivity contribution in [3.63, 3.8) is 0 Å². The van der Waals surface area contributed by atoms with E-state index in [1.165, 1.54) is 38.5 Å². The Balaban J connectivity index is 1.87. The van der Waals surface area contributed by atoms with Crippen molar-refractivity contribution in [1.29, 1.82) is 0 Å². The van der Waals surface area contributed by atoms with Gasteiger partial charge in [-0.15, -0.1) is 0 Å². The lowest BCUT2D eigenvalue weighted by molar-refractivity contribution is -0.111. The number of rotatable bonds is 6. The van der Waals surface area contributed by atoms with Crippen LogP contribution in [0.2, 0.25) is 0 Å². The quantitative estimate of drug-likeness (QED) is 0.809. The van der Waals surface area contributed by atoms with E-state index in [2.05, 4.69) is 26.1 Å². The van der Waals surface area contributed by atoms with Crippen LogP contribution < -0.4 is 5.32 Å². The number of hydrogen-bond acceptors (Lipinski definition) is 3. The van der Waals surface area contributed by atoms with Gasteiger partial charge in [-0.3, -0.25) is 0 Å². The van der Waals surface area contributed by atoms with Gasteiger partial charge < -0.3 is 14.8 Å². The van der Waals surface area contributed by atoms with Gasteiger partial charge in [0, 0.05) is 25.3 Å². The minimum atomic E-state index is 0.196. The molecule has 1 heterocycles. The van der Waals surface area contributed by atoms with Crippen LogP contribution in [0.25, 0.3) is 0 Å². The van der Waals surface area contributed by atoms with Crippen LogP contribution in [0.15, 0.2) is 0 Å². The summed E-state index contributed by atoms with van der Waals surface area (Å²) in [5, 5.41) is 3.86. The van der Waals surface area contributed by atoms with E-state index in [1.807, 2.05) is 0 Å². The van der Waals surface area contributed by atoms with Crippen LogP contribution in [-0.4, -0.2) is 37.5 Å². The molecule has 2 aliphatic rings. The maximum Gasteiger partial charge on any atom is 0.0697 e. The summed E-state index contributed by atoms with van der Waals surface area (Å²) >= 11 is 0. The molecule has 0 aromatic rings. The molecule has 1 spiro atoms. The first-order chi connectivity index (χ1) is 9.65. The van der Waals surface area contributed by atoms with E-state index in [-0.39, 0.29) is 5.60 Å². The molecular formula is C17H33NO2. The fraction of sp³-hybridized carbons (Fsp3) is 1.00. The molecule has 0 aromatic heterocycles. The summed E-state index contributed by atoms with van der Waals surface area (Å²) in [6, 6.07) is 1.08. The maximum atomic E-state index is 6.19. The molecule has 2 unspecified atom stereocenters. The molecule has 2 atom stereocenters. The molecule has 118 valence electrons. The first-order valence-corrected chi connectivity index (χ1v) is 8.63. The zero-order valence-corrected chi connectivity index (χ0v) is 13.6. The van der Waals surface area contributed by atoms with Gasteiger partial charge >= 0.3 is 0 Å². The van der Waals surface area contributed by atoms with Gasteiger partial charge in [0.25, 0.3) is 0 Å². The molecule has 1 saturated carbocycles. The van der Waals surface area contributed by atoms with Crippen molar-refractivity contribution in [1.82, 2.24) is 5.32 Å². The van der Waals surface area contributed by atoms with Gasteiger partial charge in [0.15, 0.2) is 0 Å². The first-order valence-electron chi connectivity index (χ1n) is 8.63. The summed E-state index contributed by atoms with van der Waals surface area (Å²) in [6.07, 6.45) is 8.96. The molecule has 0 aromatic carbocycles. The molecule has 1 saturated heterocycles. The van der Waals surface area contributed by atoms with Crippen LogP contribution in [0.4, 0.5) is 0 Å². The fourth-order valence-electron chi connectivity index (χ4n) is 3.70. The molecule has 0 amide bonds. The Morgan fingerprint density at radius 1 is 1.25 bits per heavy atom. The zero-order chi connectivity index (χ0) is 14.4. The summed E-state index contributed by atoms with van der Waals surface area (Å²) in [4.78, 5) is 0. The molecule has 20 heavy (non-hydrogen) atoms. The highest BCUT2D eigenvalue weighted by Crippen LogP contribution is 2.38. The van der Waals surface area contributed by atoms with Crippen molar-refractivity contribution in [3.8, 4) is 0 Å². The van der Waals surface area contributed by atoms with Crippen molar-refractivity contribution in [2.45, 2.75) is 83.4 Å². The minimum Gasteiger partial charge on any atom is -0.380 e. The molecule has 2 rings (SSSR count). The van der Waals surface area contributed by atoms with E-state index in [0.717, 1.165) is 26.2 Å². The van der Waals surface area contributed by atoms with Gasteiger partial charge in [-0.25, -0.2) is 0 Å². The fourth-order valence-corrected chi connectivity index (χ4v) is 3.70.